The highest BCUT2D eigenvalue weighted by Crippen LogP contribution is 2.27. The highest BCUT2D eigenvalue weighted by Gasteiger charge is 2.33. The molecule has 0 unspecified atom stereocenters. The van der Waals surface area contributed by atoms with Crippen LogP contribution in [0.4, 0.5) is 5.13 Å². The van der Waals surface area contributed by atoms with Crippen LogP contribution in [0.1, 0.15) is 31.1 Å². The SMILES string of the molecule is CN1C(=O)c2ccc(C(=O)Nc3nc(-c4ccc(Cl)cc4)cs3)cc2C1=O. The Kier molecular flexibility index (Phi) is 4.25. The predicted molar refractivity (Wildman–Crippen MR) is 103 cm³/mol. The van der Waals surface area contributed by atoms with E-state index in [0.717, 1.165) is 16.2 Å². The zero-order chi connectivity index (χ0) is 19.1. The van der Waals surface area contributed by atoms with Crippen LogP contribution in [-0.2, 0) is 0 Å². The summed E-state index contributed by atoms with van der Waals surface area (Å²) in [4.78, 5) is 41.9. The van der Waals surface area contributed by atoms with Crippen LogP contribution in [0.25, 0.3) is 11.3 Å². The molecule has 1 aliphatic rings. The number of carbonyl (C=O) groups excluding carboxylic acids is 3. The molecule has 0 atom stereocenters. The van der Waals surface area contributed by atoms with Crippen LogP contribution in [0, 0.1) is 0 Å². The molecule has 6 nitrogen and oxygen atoms in total. The molecule has 4 rings (SSSR count). The summed E-state index contributed by atoms with van der Waals surface area (Å²) in [5.41, 5.74) is 2.44. The van der Waals surface area contributed by atoms with Gasteiger partial charge in [-0.25, -0.2) is 4.98 Å². The fourth-order valence-corrected chi connectivity index (χ4v) is 3.60. The monoisotopic (exact) mass is 397 g/mol. The summed E-state index contributed by atoms with van der Waals surface area (Å²) in [6.45, 7) is 0. The maximum atomic E-state index is 12.5. The highest BCUT2D eigenvalue weighted by atomic mass is 35.5. The van der Waals surface area contributed by atoms with Crippen molar-refractivity contribution in [3.63, 3.8) is 0 Å². The predicted octanol–water partition coefficient (Wildman–Crippen LogP) is 3.94. The Hall–Kier alpha value is -3.03. The van der Waals surface area contributed by atoms with Crippen LogP contribution < -0.4 is 5.32 Å². The van der Waals surface area contributed by atoms with Crippen LogP contribution >= 0.6 is 22.9 Å². The molecule has 8 heteroatoms. The van der Waals surface area contributed by atoms with Gasteiger partial charge in [0.1, 0.15) is 0 Å². The third-order valence-corrected chi connectivity index (χ3v) is 5.23. The minimum atomic E-state index is -0.413. The molecule has 3 aromatic rings. The Morgan fingerprint density at radius 3 is 2.52 bits per heavy atom. The molecular weight excluding hydrogens is 386 g/mol. The van der Waals surface area contributed by atoms with E-state index in [1.807, 2.05) is 17.5 Å². The number of anilines is 1. The second-order valence-corrected chi connectivity index (χ2v) is 7.22. The van der Waals surface area contributed by atoms with E-state index in [-0.39, 0.29) is 17.0 Å². The van der Waals surface area contributed by atoms with Gasteiger partial charge in [0.15, 0.2) is 5.13 Å². The summed E-state index contributed by atoms with van der Waals surface area (Å²) < 4.78 is 0. The van der Waals surface area contributed by atoms with Crippen LogP contribution in [0.2, 0.25) is 5.02 Å². The lowest BCUT2D eigenvalue weighted by Crippen LogP contribution is -2.24. The third-order valence-electron chi connectivity index (χ3n) is 4.22. The molecule has 0 saturated heterocycles. The standard InChI is InChI=1S/C19H12ClN3O3S/c1-23-17(25)13-7-4-11(8-14(13)18(23)26)16(24)22-19-21-15(9-27-19)10-2-5-12(20)6-3-10/h2-9H,1H3,(H,21,22,24). The number of nitrogens with zero attached hydrogens (tertiary/aromatic N) is 2. The summed E-state index contributed by atoms with van der Waals surface area (Å²) in [5.74, 6) is -1.18. The maximum absolute atomic E-state index is 12.5. The molecule has 1 N–H and O–H groups in total. The van der Waals surface area contributed by atoms with Gasteiger partial charge in [-0.2, -0.15) is 0 Å². The number of hydrogen-bond acceptors (Lipinski definition) is 5. The lowest BCUT2D eigenvalue weighted by atomic mass is 10.1. The summed E-state index contributed by atoms with van der Waals surface area (Å²) in [7, 11) is 1.41. The van der Waals surface area contributed by atoms with Crippen molar-refractivity contribution in [2.24, 2.45) is 0 Å². The second-order valence-electron chi connectivity index (χ2n) is 5.93. The Bertz CT molecular complexity index is 1090. The number of benzene rings is 2. The lowest BCUT2D eigenvalue weighted by Gasteiger charge is -2.03. The quantitative estimate of drug-likeness (QED) is 0.679. The molecule has 0 fully saturated rings. The number of rotatable bonds is 3. The Labute approximate surface area is 163 Å². The first-order valence-corrected chi connectivity index (χ1v) is 9.19. The number of carbonyl (C=O) groups is 3. The molecule has 0 bridgehead atoms. The average Bonchev–Trinajstić information content (AvgIpc) is 3.22. The zero-order valence-electron chi connectivity index (χ0n) is 14.0. The van der Waals surface area contributed by atoms with Crippen molar-refractivity contribution in [2.75, 3.05) is 12.4 Å². The van der Waals surface area contributed by atoms with E-state index in [9.17, 15) is 14.4 Å². The molecule has 2 heterocycles. The van der Waals surface area contributed by atoms with E-state index < -0.39 is 11.8 Å². The molecule has 1 aromatic heterocycles. The van der Waals surface area contributed by atoms with Crippen molar-refractivity contribution in [3.05, 3.63) is 69.6 Å². The average molecular weight is 398 g/mol. The van der Waals surface area contributed by atoms with Gasteiger partial charge >= 0.3 is 0 Å². The van der Waals surface area contributed by atoms with Gasteiger partial charge in [0.2, 0.25) is 0 Å². The Balaban J connectivity index is 1.55. The summed E-state index contributed by atoms with van der Waals surface area (Å²) in [5, 5.41) is 5.62. The van der Waals surface area contributed by atoms with Gasteiger partial charge in [-0.15, -0.1) is 11.3 Å². The number of fused-ring (bicyclic) bond motifs is 1. The van der Waals surface area contributed by atoms with Crippen molar-refractivity contribution < 1.29 is 14.4 Å². The normalized spacial score (nSPS) is 13.0. The molecule has 0 aliphatic carbocycles. The molecule has 134 valence electrons. The van der Waals surface area contributed by atoms with Crippen molar-refractivity contribution in [1.82, 2.24) is 9.88 Å². The number of nitrogens with one attached hydrogen (secondary N) is 1. The van der Waals surface area contributed by atoms with Gasteiger partial charge in [0, 0.05) is 28.6 Å². The largest absolute Gasteiger partial charge is 0.298 e. The van der Waals surface area contributed by atoms with Crippen LogP contribution in [0.15, 0.2) is 47.8 Å². The van der Waals surface area contributed by atoms with E-state index in [0.29, 0.717) is 15.7 Å². The maximum Gasteiger partial charge on any atom is 0.261 e. The third kappa shape index (κ3) is 3.11. The Morgan fingerprint density at radius 2 is 1.78 bits per heavy atom. The number of thiazole rings is 1. The smallest absolute Gasteiger partial charge is 0.261 e. The second kappa shape index (κ2) is 6.61. The first-order valence-electron chi connectivity index (χ1n) is 7.93. The van der Waals surface area contributed by atoms with E-state index in [1.54, 1.807) is 12.1 Å². The van der Waals surface area contributed by atoms with E-state index in [4.69, 9.17) is 11.6 Å². The summed E-state index contributed by atoms with van der Waals surface area (Å²) >= 11 is 7.18. The molecule has 3 amide bonds. The summed E-state index contributed by atoms with van der Waals surface area (Å²) in [6, 6.07) is 11.7. The molecule has 0 radical (unpaired) electrons. The van der Waals surface area contributed by atoms with Gasteiger partial charge in [-0.3, -0.25) is 24.6 Å². The van der Waals surface area contributed by atoms with Gasteiger partial charge in [-0.05, 0) is 30.3 Å². The molecule has 0 spiro atoms. The van der Waals surface area contributed by atoms with Crippen LogP contribution in [0.5, 0.6) is 0 Å². The van der Waals surface area contributed by atoms with Gasteiger partial charge in [-0.1, -0.05) is 23.7 Å². The fraction of sp³-hybridized carbons (Fsp3) is 0.0526. The minimum absolute atomic E-state index is 0.233. The topological polar surface area (TPSA) is 79.4 Å². The highest BCUT2D eigenvalue weighted by molar-refractivity contribution is 7.14. The van der Waals surface area contributed by atoms with E-state index in [1.165, 1.54) is 36.6 Å². The molecule has 1 aliphatic heterocycles. The molecular formula is C19H12ClN3O3S. The van der Waals surface area contributed by atoms with Gasteiger partial charge in [0.25, 0.3) is 17.7 Å². The first-order chi connectivity index (χ1) is 12.9. The number of aromatic nitrogens is 1. The number of imide groups is 1. The van der Waals surface area contributed by atoms with E-state index in [2.05, 4.69) is 10.3 Å². The van der Waals surface area contributed by atoms with Gasteiger partial charge < -0.3 is 0 Å². The van der Waals surface area contributed by atoms with Gasteiger partial charge in [0.05, 0.1) is 16.8 Å². The lowest BCUT2D eigenvalue weighted by molar-refractivity contribution is 0.0693. The van der Waals surface area contributed by atoms with Crippen molar-refractivity contribution >= 4 is 45.8 Å². The van der Waals surface area contributed by atoms with Crippen molar-refractivity contribution in [1.29, 1.82) is 0 Å². The van der Waals surface area contributed by atoms with Crippen LogP contribution in [0.3, 0.4) is 0 Å². The number of hydrogen-bond donors (Lipinski definition) is 1. The Morgan fingerprint density at radius 1 is 1.07 bits per heavy atom. The van der Waals surface area contributed by atoms with Crippen LogP contribution in [-0.4, -0.2) is 34.7 Å². The number of halogens is 1. The molecule has 27 heavy (non-hydrogen) atoms. The van der Waals surface area contributed by atoms with E-state index >= 15 is 0 Å². The van der Waals surface area contributed by atoms with Crippen molar-refractivity contribution in [2.45, 2.75) is 0 Å². The molecule has 2 aromatic carbocycles. The first kappa shape index (κ1) is 17.4. The number of amides is 3. The van der Waals surface area contributed by atoms with Crippen molar-refractivity contribution in [3.8, 4) is 11.3 Å². The summed E-state index contributed by atoms with van der Waals surface area (Å²) in [6.07, 6.45) is 0. The fourth-order valence-electron chi connectivity index (χ4n) is 2.76. The minimum Gasteiger partial charge on any atom is -0.298 e. The molecule has 0 saturated carbocycles. The zero-order valence-corrected chi connectivity index (χ0v) is 15.6.